The van der Waals surface area contributed by atoms with E-state index in [-0.39, 0.29) is 18.3 Å². The van der Waals surface area contributed by atoms with Crippen LogP contribution in [0.15, 0.2) is 73.2 Å². The number of likely N-dealkylation sites (tertiary alicyclic amines) is 1. The first kappa shape index (κ1) is 35.3. The standard InChI is InChI=1S/C37H47N7O5/c1-25-16-19-42(20-17-25)33(47)31(26-12-8-7-9-13-26)43-21-18-38-35(43)41-32(46)30(22-27-23-39-29-15-11-10-14-28(27)29)40-34(48)37(5,6)44(24-45)49-36(2,3)4/h7-15,18,21,23-25,30-31,39H,16-17,19-20,22H2,1-6H3,(H,40,48)(H,38,41,46)/t30-,31?/m1/s1. The molecule has 1 fully saturated rings. The van der Waals surface area contributed by atoms with Gasteiger partial charge < -0.3 is 19.8 Å². The van der Waals surface area contributed by atoms with E-state index in [2.05, 4.69) is 27.5 Å². The van der Waals surface area contributed by atoms with Crippen molar-refractivity contribution in [2.45, 2.75) is 84.0 Å². The minimum atomic E-state index is -1.47. The molecule has 1 aliphatic heterocycles. The molecule has 3 heterocycles. The van der Waals surface area contributed by atoms with Crippen LogP contribution in [0.25, 0.3) is 10.9 Å². The Kier molecular flexibility index (Phi) is 10.6. The number of carbonyl (C=O) groups excluding carboxylic acids is 4. The van der Waals surface area contributed by atoms with Crippen molar-refractivity contribution in [1.82, 2.24) is 29.8 Å². The molecule has 0 saturated carbocycles. The number of hydrogen-bond acceptors (Lipinski definition) is 6. The van der Waals surface area contributed by atoms with Crippen LogP contribution in [0, 0.1) is 5.92 Å². The van der Waals surface area contributed by atoms with Gasteiger partial charge in [0.15, 0.2) is 0 Å². The summed E-state index contributed by atoms with van der Waals surface area (Å²) >= 11 is 0. The van der Waals surface area contributed by atoms with Gasteiger partial charge in [-0.25, -0.2) is 10.0 Å². The van der Waals surface area contributed by atoms with E-state index in [4.69, 9.17) is 4.84 Å². The zero-order valence-electron chi connectivity index (χ0n) is 29.1. The fourth-order valence-electron chi connectivity index (χ4n) is 6.00. The Morgan fingerprint density at radius 1 is 1.04 bits per heavy atom. The molecule has 1 unspecified atom stereocenters. The molecule has 2 atom stereocenters. The summed E-state index contributed by atoms with van der Waals surface area (Å²) < 4.78 is 1.67. The van der Waals surface area contributed by atoms with Crippen LogP contribution in [-0.4, -0.2) is 78.9 Å². The average Bonchev–Trinajstić information content (AvgIpc) is 3.70. The van der Waals surface area contributed by atoms with Gasteiger partial charge in [-0.05, 0) is 70.6 Å². The summed E-state index contributed by atoms with van der Waals surface area (Å²) in [7, 11) is 0. The second-order valence-electron chi connectivity index (χ2n) is 14.3. The second kappa shape index (κ2) is 14.7. The zero-order valence-corrected chi connectivity index (χ0v) is 29.1. The number of rotatable bonds is 12. The number of fused-ring (bicyclic) bond motifs is 1. The second-order valence-corrected chi connectivity index (χ2v) is 14.3. The molecule has 0 aliphatic carbocycles. The number of anilines is 1. The first-order chi connectivity index (χ1) is 23.3. The van der Waals surface area contributed by atoms with Crippen LogP contribution >= 0.6 is 0 Å². The zero-order chi connectivity index (χ0) is 35.3. The highest BCUT2D eigenvalue weighted by Gasteiger charge is 2.40. The van der Waals surface area contributed by atoms with Gasteiger partial charge in [-0.2, -0.15) is 0 Å². The molecule has 0 bridgehead atoms. The van der Waals surface area contributed by atoms with Crippen LogP contribution < -0.4 is 10.6 Å². The maximum Gasteiger partial charge on any atom is 0.250 e. The SMILES string of the molecule is CC1CCN(C(=O)C(c2ccccc2)n2ccnc2NC(=O)[C@@H](Cc2c[nH]c3ccccc23)NC(=O)C(C)(C)N(C=O)OC(C)(C)C)CC1. The van der Waals surface area contributed by atoms with Gasteiger partial charge in [-0.3, -0.25) is 29.3 Å². The Morgan fingerprint density at radius 2 is 1.71 bits per heavy atom. The summed E-state index contributed by atoms with van der Waals surface area (Å²) in [5.74, 6) is -0.494. The van der Waals surface area contributed by atoms with Crippen molar-refractivity contribution >= 4 is 41.0 Å². The van der Waals surface area contributed by atoms with E-state index in [0.717, 1.165) is 39.9 Å². The van der Waals surface area contributed by atoms with E-state index in [0.29, 0.717) is 25.4 Å². The Hall–Kier alpha value is -4.97. The number of hydroxylamine groups is 2. The molecule has 4 aromatic rings. The molecule has 5 rings (SSSR count). The highest BCUT2D eigenvalue weighted by Crippen LogP contribution is 2.28. The Morgan fingerprint density at radius 3 is 2.39 bits per heavy atom. The summed E-state index contributed by atoms with van der Waals surface area (Å²) in [6.45, 7) is 11.9. The lowest BCUT2D eigenvalue weighted by atomic mass is 9.97. The number of benzene rings is 2. The molecule has 12 nitrogen and oxygen atoms in total. The average molecular weight is 670 g/mol. The molecular formula is C37H47N7O5. The highest BCUT2D eigenvalue weighted by atomic mass is 16.7. The number of nitrogens with one attached hydrogen (secondary N) is 3. The molecule has 49 heavy (non-hydrogen) atoms. The third-order valence-corrected chi connectivity index (χ3v) is 8.92. The largest absolute Gasteiger partial charge is 0.361 e. The lowest BCUT2D eigenvalue weighted by molar-refractivity contribution is -0.247. The van der Waals surface area contributed by atoms with Gasteiger partial charge in [0.05, 0.1) is 5.60 Å². The summed E-state index contributed by atoms with van der Waals surface area (Å²) in [6, 6.07) is 15.3. The van der Waals surface area contributed by atoms with Crippen molar-refractivity contribution < 1.29 is 24.0 Å². The van der Waals surface area contributed by atoms with Crippen molar-refractivity contribution in [3.63, 3.8) is 0 Å². The van der Waals surface area contributed by atoms with Crippen LogP contribution in [-0.2, 0) is 30.4 Å². The van der Waals surface area contributed by atoms with E-state index >= 15 is 0 Å². The number of amides is 4. The van der Waals surface area contributed by atoms with Gasteiger partial charge in [0.1, 0.15) is 17.6 Å². The molecule has 2 aromatic heterocycles. The number of carbonyl (C=O) groups is 4. The number of para-hydroxylation sites is 1. The summed E-state index contributed by atoms with van der Waals surface area (Å²) in [5, 5.41) is 7.66. The molecular weight excluding hydrogens is 622 g/mol. The van der Waals surface area contributed by atoms with Gasteiger partial charge in [0, 0.05) is 49.0 Å². The van der Waals surface area contributed by atoms with Gasteiger partial charge >= 0.3 is 0 Å². The predicted octanol–water partition coefficient (Wildman–Crippen LogP) is 4.85. The Balaban J connectivity index is 1.46. The van der Waals surface area contributed by atoms with Crippen LogP contribution in [0.5, 0.6) is 0 Å². The third kappa shape index (κ3) is 8.19. The minimum Gasteiger partial charge on any atom is -0.361 e. The third-order valence-electron chi connectivity index (χ3n) is 8.92. The van der Waals surface area contributed by atoms with Crippen molar-refractivity contribution in [3.05, 3.63) is 84.3 Å². The lowest BCUT2D eigenvalue weighted by Gasteiger charge is -2.37. The monoisotopic (exact) mass is 669 g/mol. The lowest BCUT2D eigenvalue weighted by Crippen LogP contribution is -2.59. The van der Waals surface area contributed by atoms with Gasteiger partial charge in [0.2, 0.25) is 30.1 Å². The van der Waals surface area contributed by atoms with Gasteiger partial charge in [0.25, 0.3) is 0 Å². The molecule has 1 saturated heterocycles. The normalized spacial score (nSPS) is 15.4. The Labute approximate surface area is 287 Å². The number of piperidine rings is 1. The first-order valence-electron chi connectivity index (χ1n) is 16.8. The molecule has 260 valence electrons. The molecule has 3 N–H and O–H groups in total. The maximum atomic E-state index is 14.2. The molecule has 0 spiro atoms. The van der Waals surface area contributed by atoms with Crippen molar-refractivity contribution in [2.75, 3.05) is 18.4 Å². The number of aromatic amines is 1. The topological polar surface area (TPSA) is 142 Å². The fourth-order valence-corrected chi connectivity index (χ4v) is 6.00. The van der Waals surface area contributed by atoms with Gasteiger partial charge in [-0.1, -0.05) is 55.5 Å². The fraction of sp³-hybridized carbons (Fsp3) is 0.432. The van der Waals surface area contributed by atoms with Crippen LogP contribution in [0.4, 0.5) is 5.95 Å². The van der Waals surface area contributed by atoms with Crippen LogP contribution in [0.2, 0.25) is 0 Å². The van der Waals surface area contributed by atoms with E-state index in [1.807, 2.05) is 65.7 Å². The molecule has 12 heteroatoms. The number of H-pyrrole nitrogens is 1. The quantitative estimate of drug-likeness (QED) is 0.146. The van der Waals surface area contributed by atoms with E-state index in [9.17, 15) is 19.2 Å². The minimum absolute atomic E-state index is 0.0789. The summed E-state index contributed by atoms with van der Waals surface area (Å²) in [5.41, 5.74) is 0.240. The summed E-state index contributed by atoms with van der Waals surface area (Å²) in [4.78, 5) is 69.6. The number of aromatic nitrogens is 3. The molecule has 2 aromatic carbocycles. The van der Waals surface area contributed by atoms with Crippen molar-refractivity contribution in [1.29, 1.82) is 0 Å². The highest BCUT2D eigenvalue weighted by molar-refractivity contribution is 5.99. The first-order valence-corrected chi connectivity index (χ1v) is 16.8. The predicted molar refractivity (Wildman–Crippen MR) is 187 cm³/mol. The van der Waals surface area contributed by atoms with Gasteiger partial charge in [-0.15, -0.1) is 0 Å². The number of hydrogen-bond donors (Lipinski definition) is 3. The smallest absolute Gasteiger partial charge is 0.250 e. The van der Waals surface area contributed by atoms with Crippen LogP contribution in [0.3, 0.4) is 0 Å². The van der Waals surface area contributed by atoms with E-state index in [1.54, 1.807) is 51.6 Å². The molecule has 4 amide bonds. The molecule has 1 aliphatic rings. The van der Waals surface area contributed by atoms with E-state index in [1.165, 1.54) is 0 Å². The van der Waals surface area contributed by atoms with Crippen molar-refractivity contribution in [3.8, 4) is 0 Å². The van der Waals surface area contributed by atoms with Crippen LogP contribution in [0.1, 0.15) is 71.6 Å². The maximum absolute atomic E-state index is 14.2. The summed E-state index contributed by atoms with van der Waals surface area (Å²) in [6.07, 6.45) is 7.47. The van der Waals surface area contributed by atoms with E-state index < -0.39 is 35.0 Å². The van der Waals surface area contributed by atoms with Crippen molar-refractivity contribution in [2.24, 2.45) is 5.92 Å². The molecule has 0 radical (unpaired) electrons. The Bertz CT molecular complexity index is 1770. The number of nitrogens with zero attached hydrogens (tertiary/aromatic N) is 4. The number of imidazole rings is 1.